The number of nitrogens with zero attached hydrogens (tertiary/aromatic N) is 2. The lowest BCUT2D eigenvalue weighted by Gasteiger charge is -2.49. The maximum atomic E-state index is 6.61. The Kier molecular flexibility index (Phi) is 4.58. The van der Waals surface area contributed by atoms with Gasteiger partial charge in [-0.3, -0.25) is 0 Å². The maximum absolute atomic E-state index is 6.61. The molecular formula is C23H25ClN2O3. The van der Waals surface area contributed by atoms with E-state index in [2.05, 4.69) is 5.01 Å². The van der Waals surface area contributed by atoms with Crippen molar-refractivity contribution in [3.8, 4) is 17.2 Å². The monoisotopic (exact) mass is 412 g/mol. The van der Waals surface area contributed by atoms with Gasteiger partial charge in [-0.15, -0.1) is 0 Å². The van der Waals surface area contributed by atoms with Crippen LogP contribution in [0.4, 0.5) is 0 Å². The van der Waals surface area contributed by atoms with E-state index >= 15 is 0 Å². The summed E-state index contributed by atoms with van der Waals surface area (Å²) >= 11 is 6.33. The highest BCUT2D eigenvalue weighted by Gasteiger charge is 2.50. The van der Waals surface area contributed by atoms with Crippen molar-refractivity contribution in [3.63, 3.8) is 0 Å². The molecule has 152 valence electrons. The first-order valence-corrected chi connectivity index (χ1v) is 10.6. The van der Waals surface area contributed by atoms with Crippen molar-refractivity contribution in [2.45, 2.75) is 50.3 Å². The number of hydrogen-bond acceptors (Lipinski definition) is 5. The Balaban J connectivity index is 1.58. The van der Waals surface area contributed by atoms with Gasteiger partial charge in [-0.2, -0.15) is 5.10 Å². The zero-order valence-electron chi connectivity index (χ0n) is 16.8. The molecule has 2 aromatic carbocycles. The van der Waals surface area contributed by atoms with Crippen LogP contribution in [-0.4, -0.2) is 30.7 Å². The Labute approximate surface area is 176 Å². The molecule has 5 nitrogen and oxygen atoms in total. The standard InChI is InChI=1S/C23H25ClN2O3/c1-27-21-8-6-15(12-22(21)28-2)18-14-19-17-13-16(24)7-9-20(17)29-23(26(19)25-18)10-4-3-5-11-23/h6-9,12-13,19H,3-5,10-11,14H2,1-2H3/t19-/m0/s1. The average molecular weight is 413 g/mol. The molecule has 0 unspecified atom stereocenters. The normalized spacial score (nSPS) is 21.8. The van der Waals surface area contributed by atoms with E-state index in [0.717, 1.165) is 65.5 Å². The van der Waals surface area contributed by atoms with Gasteiger partial charge in [0.25, 0.3) is 0 Å². The molecule has 1 saturated carbocycles. The summed E-state index contributed by atoms with van der Waals surface area (Å²) in [5.74, 6) is 2.38. The molecule has 0 radical (unpaired) electrons. The van der Waals surface area contributed by atoms with Gasteiger partial charge in [0.05, 0.1) is 26.0 Å². The molecule has 1 atom stereocenters. The second kappa shape index (κ2) is 7.13. The molecule has 0 N–H and O–H groups in total. The van der Waals surface area contributed by atoms with Crippen LogP contribution in [0.15, 0.2) is 41.5 Å². The summed E-state index contributed by atoms with van der Waals surface area (Å²) in [6.07, 6.45) is 6.38. The molecule has 1 fully saturated rings. The second-order valence-electron chi connectivity index (χ2n) is 7.97. The SMILES string of the molecule is COc1ccc(C2=NN3[C@@H](C2)c2cc(Cl)ccc2OC32CCCCC2)cc1OC. The quantitative estimate of drug-likeness (QED) is 0.661. The minimum absolute atomic E-state index is 0.138. The summed E-state index contributed by atoms with van der Waals surface area (Å²) in [5, 5.41) is 8.05. The summed E-state index contributed by atoms with van der Waals surface area (Å²) in [5.41, 5.74) is 2.85. The molecule has 1 aliphatic carbocycles. The minimum Gasteiger partial charge on any atom is -0.493 e. The van der Waals surface area contributed by atoms with Crippen molar-refractivity contribution < 1.29 is 14.2 Å². The molecule has 2 heterocycles. The average Bonchev–Trinajstić information content (AvgIpc) is 3.21. The molecule has 5 rings (SSSR count). The Morgan fingerprint density at radius 1 is 1.03 bits per heavy atom. The Hall–Kier alpha value is -2.40. The van der Waals surface area contributed by atoms with E-state index in [9.17, 15) is 0 Å². The van der Waals surface area contributed by atoms with Crippen LogP contribution < -0.4 is 14.2 Å². The predicted molar refractivity (Wildman–Crippen MR) is 113 cm³/mol. The molecule has 2 aromatic rings. The zero-order chi connectivity index (χ0) is 20.0. The molecule has 0 saturated heterocycles. The van der Waals surface area contributed by atoms with Crippen LogP contribution in [0.3, 0.4) is 0 Å². The Morgan fingerprint density at radius 3 is 2.59 bits per heavy atom. The number of hydrazone groups is 1. The molecule has 29 heavy (non-hydrogen) atoms. The van der Waals surface area contributed by atoms with Crippen molar-refractivity contribution in [1.82, 2.24) is 5.01 Å². The highest BCUT2D eigenvalue weighted by atomic mass is 35.5. The molecule has 0 bridgehead atoms. The van der Waals surface area contributed by atoms with Gasteiger partial charge in [0.15, 0.2) is 17.2 Å². The smallest absolute Gasteiger partial charge is 0.198 e. The van der Waals surface area contributed by atoms with Gasteiger partial charge < -0.3 is 14.2 Å². The fraction of sp³-hybridized carbons (Fsp3) is 0.435. The topological polar surface area (TPSA) is 43.3 Å². The minimum atomic E-state index is -0.359. The fourth-order valence-electron chi connectivity index (χ4n) is 4.88. The lowest BCUT2D eigenvalue weighted by Crippen LogP contribution is -2.54. The Bertz CT molecular complexity index is 969. The number of ether oxygens (including phenoxy) is 3. The van der Waals surface area contributed by atoms with Gasteiger partial charge >= 0.3 is 0 Å². The molecule has 0 amide bonds. The van der Waals surface area contributed by atoms with Gasteiger partial charge in [-0.25, -0.2) is 5.01 Å². The van der Waals surface area contributed by atoms with E-state index in [1.54, 1.807) is 14.2 Å². The van der Waals surface area contributed by atoms with Crippen molar-refractivity contribution in [2.75, 3.05) is 14.2 Å². The first kappa shape index (κ1) is 18.6. The van der Waals surface area contributed by atoms with Crippen LogP contribution in [0, 0.1) is 0 Å². The van der Waals surface area contributed by atoms with Crippen LogP contribution in [0.25, 0.3) is 0 Å². The van der Waals surface area contributed by atoms with Gasteiger partial charge in [0.2, 0.25) is 0 Å². The molecule has 2 aliphatic heterocycles. The molecule has 1 spiro atoms. The molecule has 6 heteroatoms. The number of halogens is 1. The van der Waals surface area contributed by atoms with E-state index in [-0.39, 0.29) is 11.8 Å². The highest BCUT2D eigenvalue weighted by molar-refractivity contribution is 6.30. The summed E-state index contributed by atoms with van der Waals surface area (Å²) in [6, 6.07) is 12.1. The van der Waals surface area contributed by atoms with E-state index in [0.29, 0.717) is 5.75 Å². The van der Waals surface area contributed by atoms with Crippen LogP contribution in [0.1, 0.15) is 55.7 Å². The number of methoxy groups -OCH3 is 2. The largest absolute Gasteiger partial charge is 0.493 e. The van der Waals surface area contributed by atoms with Gasteiger partial charge in [-0.1, -0.05) is 18.0 Å². The van der Waals surface area contributed by atoms with E-state index in [1.165, 1.54) is 6.42 Å². The highest BCUT2D eigenvalue weighted by Crippen LogP contribution is 2.51. The third-order valence-corrected chi connectivity index (χ3v) is 6.55. The number of fused-ring (bicyclic) bond motifs is 4. The summed E-state index contributed by atoms with van der Waals surface area (Å²) < 4.78 is 17.5. The van der Waals surface area contributed by atoms with Crippen LogP contribution >= 0.6 is 11.6 Å². The van der Waals surface area contributed by atoms with Crippen molar-refractivity contribution >= 4 is 17.3 Å². The van der Waals surface area contributed by atoms with Crippen molar-refractivity contribution in [3.05, 3.63) is 52.5 Å². The van der Waals surface area contributed by atoms with Gasteiger partial charge in [0, 0.05) is 35.4 Å². The van der Waals surface area contributed by atoms with Gasteiger partial charge in [-0.05, 0) is 49.2 Å². The summed E-state index contributed by atoms with van der Waals surface area (Å²) in [6.45, 7) is 0. The van der Waals surface area contributed by atoms with E-state index in [1.807, 2.05) is 36.4 Å². The van der Waals surface area contributed by atoms with Crippen LogP contribution in [0.5, 0.6) is 17.2 Å². The third-order valence-electron chi connectivity index (χ3n) is 6.31. The number of benzene rings is 2. The maximum Gasteiger partial charge on any atom is 0.198 e. The van der Waals surface area contributed by atoms with Crippen molar-refractivity contribution in [1.29, 1.82) is 0 Å². The molecule has 0 aromatic heterocycles. The number of hydrogen-bond donors (Lipinski definition) is 0. The van der Waals surface area contributed by atoms with Crippen molar-refractivity contribution in [2.24, 2.45) is 5.10 Å². The lowest BCUT2D eigenvalue weighted by molar-refractivity contribution is -0.140. The van der Waals surface area contributed by atoms with Crippen LogP contribution in [-0.2, 0) is 0 Å². The predicted octanol–water partition coefficient (Wildman–Crippen LogP) is 5.56. The summed E-state index contributed by atoms with van der Waals surface area (Å²) in [7, 11) is 3.31. The fourth-order valence-corrected chi connectivity index (χ4v) is 5.06. The lowest BCUT2D eigenvalue weighted by atomic mass is 9.86. The first-order chi connectivity index (χ1) is 14.1. The van der Waals surface area contributed by atoms with E-state index in [4.69, 9.17) is 30.9 Å². The van der Waals surface area contributed by atoms with E-state index < -0.39 is 0 Å². The number of rotatable bonds is 3. The Morgan fingerprint density at radius 2 is 1.83 bits per heavy atom. The first-order valence-electron chi connectivity index (χ1n) is 10.2. The van der Waals surface area contributed by atoms with Gasteiger partial charge in [0.1, 0.15) is 5.75 Å². The molecular weight excluding hydrogens is 388 g/mol. The summed E-state index contributed by atoms with van der Waals surface area (Å²) in [4.78, 5) is 0. The molecule has 3 aliphatic rings. The second-order valence-corrected chi connectivity index (χ2v) is 8.41. The zero-order valence-corrected chi connectivity index (χ0v) is 17.5. The van der Waals surface area contributed by atoms with Crippen LogP contribution in [0.2, 0.25) is 5.02 Å². The third kappa shape index (κ3) is 3.03.